The molecule has 0 aliphatic rings. The molecule has 0 atom stereocenters. The molecular formula is C12H12N2O. The molecule has 2 aromatic rings. The number of aryl methyl sites for hydroxylation is 2. The Balaban J connectivity index is 2.69. The monoisotopic (exact) mass is 200 g/mol. The molecule has 2 rings (SSSR count). The summed E-state index contributed by atoms with van der Waals surface area (Å²) in [6, 6.07) is 7.05. The van der Waals surface area contributed by atoms with Crippen LogP contribution in [0.15, 0.2) is 41.5 Å². The summed E-state index contributed by atoms with van der Waals surface area (Å²) in [5.74, 6) is 0. The Morgan fingerprint density at radius 3 is 2.80 bits per heavy atom. The SMILES string of the molecule is Cc1cc(-n2ccccc2=O)c(C)cn1. The maximum absolute atomic E-state index is 11.6. The van der Waals surface area contributed by atoms with Gasteiger partial charge in [0.1, 0.15) is 0 Å². The first kappa shape index (κ1) is 9.65. The molecule has 0 aromatic carbocycles. The van der Waals surface area contributed by atoms with Crippen LogP contribution in [0.5, 0.6) is 0 Å². The van der Waals surface area contributed by atoms with Crippen molar-refractivity contribution in [1.29, 1.82) is 0 Å². The third-order valence-corrected chi connectivity index (χ3v) is 2.29. The molecule has 0 radical (unpaired) electrons. The van der Waals surface area contributed by atoms with E-state index in [1.165, 1.54) is 0 Å². The van der Waals surface area contributed by atoms with Crippen molar-refractivity contribution in [3.63, 3.8) is 0 Å². The summed E-state index contributed by atoms with van der Waals surface area (Å²) in [6.07, 6.45) is 3.55. The van der Waals surface area contributed by atoms with E-state index >= 15 is 0 Å². The molecule has 0 unspecified atom stereocenters. The minimum Gasteiger partial charge on any atom is -0.284 e. The van der Waals surface area contributed by atoms with Crippen molar-refractivity contribution in [3.8, 4) is 5.69 Å². The summed E-state index contributed by atoms with van der Waals surface area (Å²) in [5.41, 5.74) is 2.78. The minimum atomic E-state index is -0.0220. The predicted molar refractivity (Wildman–Crippen MR) is 59.3 cm³/mol. The summed E-state index contributed by atoms with van der Waals surface area (Å²) < 4.78 is 1.63. The fourth-order valence-corrected chi connectivity index (χ4v) is 1.50. The maximum atomic E-state index is 11.6. The number of pyridine rings is 2. The average molecular weight is 200 g/mol. The number of hydrogen-bond acceptors (Lipinski definition) is 2. The normalized spacial score (nSPS) is 10.3. The van der Waals surface area contributed by atoms with Crippen LogP contribution in [0.2, 0.25) is 0 Å². The second-order valence-electron chi connectivity index (χ2n) is 3.52. The fraction of sp³-hybridized carbons (Fsp3) is 0.167. The first-order valence-electron chi connectivity index (χ1n) is 4.80. The molecule has 0 aliphatic heterocycles. The van der Waals surface area contributed by atoms with Crippen LogP contribution in [0.4, 0.5) is 0 Å². The van der Waals surface area contributed by atoms with Crippen LogP contribution in [0.3, 0.4) is 0 Å². The summed E-state index contributed by atoms with van der Waals surface area (Å²) in [7, 11) is 0. The van der Waals surface area contributed by atoms with Gasteiger partial charge in [0.05, 0.1) is 5.69 Å². The van der Waals surface area contributed by atoms with Gasteiger partial charge in [-0.1, -0.05) is 6.07 Å². The van der Waals surface area contributed by atoms with E-state index in [0.717, 1.165) is 16.9 Å². The van der Waals surface area contributed by atoms with Crippen LogP contribution in [0.25, 0.3) is 5.69 Å². The fourth-order valence-electron chi connectivity index (χ4n) is 1.50. The smallest absolute Gasteiger partial charge is 0.255 e. The molecule has 0 fully saturated rings. The van der Waals surface area contributed by atoms with Crippen molar-refractivity contribution in [2.45, 2.75) is 13.8 Å². The standard InChI is InChI=1S/C12H12N2O/c1-9-8-13-10(2)7-11(9)14-6-4-3-5-12(14)15/h3-8H,1-2H3. The Labute approximate surface area is 88.0 Å². The quantitative estimate of drug-likeness (QED) is 0.704. The number of hydrogen-bond donors (Lipinski definition) is 0. The molecule has 2 heterocycles. The average Bonchev–Trinajstić information content (AvgIpc) is 2.23. The van der Waals surface area contributed by atoms with E-state index in [4.69, 9.17) is 0 Å². The summed E-state index contributed by atoms with van der Waals surface area (Å²) in [6.45, 7) is 3.86. The van der Waals surface area contributed by atoms with Crippen LogP contribution in [0.1, 0.15) is 11.3 Å². The molecule has 0 bridgehead atoms. The molecule has 0 saturated heterocycles. The topological polar surface area (TPSA) is 34.9 Å². The van der Waals surface area contributed by atoms with E-state index in [-0.39, 0.29) is 5.56 Å². The van der Waals surface area contributed by atoms with Crippen LogP contribution in [0, 0.1) is 13.8 Å². The molecule has 3 nitrogen and oxygen atoms in total. The van der Waals surface area contributed by atoms with E-state index in [1.807, 2.05) is 26.0 Å². The zero-order chi connectivity index (χ0) is 10.8. The Kier molecular flexibility index (Phi) is 2.37. The summed E-state index contributed by atoms with van der Waals surface area (Å²) >= 11 is 0. The molecule has 0 amide bonds. The second kappa shape index (κ2) is 3.69. The van der Waals surface area contributed by atoms with Gasteiger partial charge in [-0.05, 0) is 31.5 Å². The van der Waals surface area contributed by atoms with Gasteiger partial charge in [-0.2, -0.15) is 0 Å². The zero-order valence-electron chi connectivity index (χ0n) is 8.77. The highest BCUT2D eigenvalue weighted by Gasteiger charge is 2.02. The number of aromatic nitrogens is 2. The van der Waals surface area contributed by atoms with Crippen molar-refractivity contribution in [2.75, 3.05) is 0 Å². The lowest BCUT2D eigenvalue weighted by atomic mass is 10.2. The maximum Gasteiger partial charge on any atom is 0.255 e. The van der Waals surface area contributed by atoms with Crippen molar-refractivity contribution < 1.29 is 0 Å². The molecular weight excluding hydrogens is 188 g/mol. The van der Waals surface area contributed by atoms with Crippen LogP contribution in [-0.2, 0) is 0 Å². The van der Waals surface area contributed by atoms with Gasteiger partial charge in [0, 0.05) is 24.2 Å². The van der Waals surface area contributed by atoms with Crippen molar-refractivity contribution in [1.82, 2.24) is 9.55 Å². The molecule has 3 heteroatoms. The Morgan fingerprint density at radius 2 is 2.07 bits per heavy atom. The van der Waals surface area contributed by atoms with Crippen molar-refractivity contribution in [2.24, 2.45) is 0 Å². The Bertz CT molecular complexity index is 543. The highest BCUT2D eigenvalue weighted by molar-refractivity contribution is 5.39. The summed E-state index contributed by atoms with van der Waals surface area (Å²) in [5, 5.41) is 0. The van der Waals surface area contributed by atoms with Crippen molar-refractivity contribution >= 4 is 0 Å². The third kappa shape index (κ3) is 1.81. The van der Waals surface area contributed by atoms with Gasteiger partial charge in [-0.25, -0.2) is 0 Å². The lowest BCUT2D eigenvalue weighted by molar-refractivity contribution is 0.962. The van der Waals surface area contributed by atoms with E-state index in [1.54, 1.807) is 29.1 Å². The van der Waals surface area contributed by atoms with Crippen molar-refractivity contribution in [3.05, 3.63) is 58.3 Å². The van der Waals surface area contributed by atoms with Gasteiger partial charge < -0.3 is 0 Å². The largest absolute Gasteiger partial charge is 0.284 e. The first-order chi connectivity index (χ1) is 7.18. The molecule has 0 N–H and O–H groups in total. The van der Waals surface area contributed by atoms with E-state index in [2.05, 4.69) is 4.98 Å². The van der Waals surface area contributed by atoms with Gasteiger partial charge >= 0.3 is 0 Å². The van der Waals surface area contributed by atoms with Gasteiger partial charge in [-0.3, -0.25) is 14.3 Å². The minimum absolute atomic E-state index is 0.0220. The molecule has 2 aromatic heterocycles. The number of nitrogens with zero attached hydrogens (tertiary/aromatic N) is 2. The highest BCUT2D eigenvalue weighted by atomic mass is 16.1. The third-order valence-electron chi connectivity index (χ3n) is 2.29. The molecule has 76 valence electrons. The molecule has 0 spiro atoms. The van der Waals surface area contributed by atoms with Gasteiger partial charge in [0.15, 0.2) is 0 Å². The van der Waals surface area contributed by atoms with Gasteiger partial charge in [0.2, 0.25) is 0 Å². The van der Waals surface area contributed by atoms with Crippen LogP contribution < -0.4 is 5.56 Å². The first-order valence-corrected chi connectivity index (χ1v) is 4.80. The molecule has 0 aliphatic carbocycles. The Hall–Kier alpha value is -1.90. The Morgan fingerprint density at radius 1 is 1.27 bits per heavy atom. The van der Waals surface area contributed by atoms with Crippen LogP contribution >= 0.6 is 0 Å². The summed E-state index contributed by atoms with van der Waals surface area (Å²) in [4.78, 5) is 15.8. The second-order valence-corrected chi connectivity index (χ2v) is 3.52. The lowest BCUT2D eigenvalue weighted by Crippen LogP contribution is -2.16. The van der Waals surface area contributed by atoms with Gasteiger partial charge in [-0.15, -0.1) is 0 Å². The molecule has 0 saturated carbocycles. The van der Waals surface area contributed by atoms with Gasteiger partial charge in [0.25, 0.3) is 5.56 Å². The van der Waals surface area contributed by atoms with E-state index in [0.29, 0.717) is 0 Å². The predicted octanol–water partition coefficient (Wildman–Crippen LogP) is 1.85. The zero-order valence-corrected chi connectivity index (χ0v) is 8.77. The lowest BCUT2D eigenvalue weighted by Gasteiger charge is -2.08. The van der Waals surface area contributed by atoms with E-state index in [9.17, 15) is 4.79 Å². The van der Waals surface area contributed by atoms with Crippen LogP contribution in [-0.4, -0.2) is 9.55 Å². The van der Waals surface area contributed by atoms with E-state index < -0.39 is 0 Å². The number of rotatable bonds is 1. The molecule has 15 heavy (non-hydrogen) atoms. The highest BCUT2D eigenvalue weighted by Crippen LogP contribution is 2.11.